The topological polar surface area (TPSA) is 92.8 Å². The monoisotopic (exact) mass is 368 g/mol. The van der Waals surface area contributed by atoms with Crippen LogP contribution in [0.3, 0.4) is 0 Å². The van der Waals surface area contributed by atoms with E-state index in [0.717, 1.165) is 12.7 Å². The third kappa shape index (κ3) is 5.54. The molecule has 2 rings (SSSR count). The van der Waals surface area contributed by atoms with E-state index in [0.29, 0.717) is 36.4 Å². The van der Waals surface area contributed by atoms with Crippen molar-refractivity contribution >= 4 is 21.7 Å². The van der Waals surface area contributed by atoms with Gasteiger partial charge in [0.15, 0.2) is 5.78 Å². The van der Waals surface area contributed by atoms with E-state index < -0.39 is 10.0 Å². The van der Waals surface area contributed by atoms with Gasteiger partial charge in [-0.05, 0) is 38.0 Å². The first-order chi connectivity index (χ1) is 11.7. The molecule has 1 amide bonds. The fourth-order valence-electron chi connectivity index (χ4n) is 3.01. The number of benzene rings is 1. The second-order valence-corrected chi connectivity index (χ2v) is 8.11. The second-order valence-electron chi connectivity index (χ2n) is 6.33. The van der Waals surface area contributed by atoms with Crippen LogP contribution in [0.2, 0.25) is 0 Å². The molecule has 0 bridgehead atoms. The molecular formula is C17H24N2O5S. The molecule has 1 atom stereocenters. The maximum atomic E-state index is 12.6. The zero-order chi connectivity index (χ0) is 18.6. The molecule has 1 fully saturated rings. The number of nitrogens with one attached hydrogen (secondary N) is 1. The van der Waals surface area contributed by atoms with E-state index in [-0.39, 0.29) is 24.2 Å². The number of carbonyl (C=O) groups excluding carboxylic acids is 2. The van der Waals surface area contributed by atoms with Crippen LogP contribution in [0.1, 0.15) is 35.7 Å². The lowest BCUT2D eigenvalue weighted by atomic mass is 10.0. The van der Waals surface area contributed by atoms with Crippen LogP contribution in [0.25, 0.3) is 0 Å². The Hall–Kier alpha value is -1.93. The first-order valence-electron chi connectivity index (χ1n) is 8.12. The SMILES string of the molecule is COc1ccc(C(C)=O)cc1CC(=O)N1CCCC(NS(C)(=O)=O)C1. The van der Waals surface area contributed by atoms with Crippen LogP contribution in [0.15, 0.2) is 18.2 Å². The number of hydrogen-bond donors (Lipinski definition) is 1. The Morgan fingerprint density at radius 1 is 1.36 bits per heavy atom. The molecule has 0 saturated carbocycles. The average Bonchev–Trinajstić information content (AvgIpc) is 2.53. The van der Waals surface area contributed by atoms with Gasteiger partial charge in [-0.25, -0.2) is 13.1 Å². The summed E-state index contributed by atoms with van der Waals surface area (Å²) in [4.78, 5) is 25.9. The highest BCUT2D eigenvalue weighted by Gasteiger charge is 2.26. The summed E-state index contributed by atoms with van der Waals surface area (Å²) in [6.45, 7) is 2.41. The number of methoxy groups -OCH3 is 1. The first-order valence-corrected chi connectivity index (χ1v) is 10.0. The number of sulfonamides is 1. The fourth-order valence-corrected chi connectivity index (χ4v) is 3.81. The Morgan fingerprint density at radius 3 is 2.68 bits per heavy atom. The molecular weight excluding hydrogens is 344 g/mol. The molecule has 1 aliphatic rings. The Labute approximate surface area is 148 Å². The number of amides is 1. The summed E-state index contributed by atoms with van der Waals surface area (Å²) in [5.41, 5.74) is 1.18. The number of nitrogens with zero attached hydrogens (tertiary/aromatic N) is 1. The van der Waals surface area contributed by atoms with Crippen molar-refractivity contribution in [1.29, 1.82) is 0 Å². The Kier molecular flexibility index (Phi) is 6.18. The number of Topliss-reactive ketones (excluding diaryl/α,β-unsaturated/α-hetero) is 1. The second kappa shape index (κ2) is 7.97. The third-order valence-corrected chi connectivity index (χ3v) is 4.94. The van der Waals surface area contributed by atoms with E-state index in [1.165, 1.54) is 14.0 Å². The molecule has 1 N–H and O–H groups in total. The smallest absolute Gasteiger partial charge is 0.227 e. The van der Waals surface area contributed by atoms with E-state index in [9.17, 15) is 18.0 Å². The van der Waals surface area contributed by atoms with E-state index in [4.69, 9.17) is 4.74 Å². The zero-order valence-corrected chi connectivity index (χ0v) is 15.6. The van der Waals surface area contributed by atoms with Gasteiger partial charge in [0.2, 0.25) is 15.9 Å². The maximum Gasteiger partial charge on any atom is 0.227 e. The molecule has 0 spiro atoms. The highest BCUT2D eigenvalue weighted by Crippen LogP contribution is 2.22. The van der Waals surface area contributed by atoms with Crippen LogP contribution in [0.5, 0.6) is 5.75 Å². The minimum Gasteiger partial charge on any atom is -0.496 e. The van der Waals surface area contributed by atoms with Crippen LogP contribution in [-0.4, -0.2) is 57.5 Å². The van der Waals surface area contributed by atoms with Crippen LogP contribution < -0.4 is 9.46 Å². The lowest BCUT2D eigenvalue weighted by molar-refractivity contribution is -0.131. The van der Waals surface area contributed by atoms with Crippen LogP contribution in [0.4, 0.5) is 0 Å². The minimum absolute atomic E-state index is 0.0771. The summed E-state index contributed by atoms with van der Waals surface area (Å²) in [6.07, 6.45) is 2.67. The van der Waals surface area contributed by atoms with Gasteiger partial charge in [-0.15, -0.1) is 0 Å². The van der Waals surface area contributed by atoms with Crippen LogP contribution >= 0.6 is 0 Å². The fraction of sp³-hybridized carbons (Fsp3) is 0.529. The highest BCUT2D eigenvalue weighted by atomic mass is 32.2. The van der Waals surface area contributed by atoms with Gasteiger partial charge in [0.05, 0.1) is 19.8 Å². The van der Waals surface area contributed by atoms with Crippen molar-refractivity contribution in [2.75, 3.05) is 26.5 Å². The summed E-state index contributed by atoms with van der Waals surface area (Å²) in [5, 5.41) is 0. The molecule has 0 aliphatic carbocycles. The summed E-state index contributed by atoms with van der Waals surface area (Å²) in [6, 6.07) is 4.76. The Bertz CT molecular complexity index is 760. The van der Waals surface area contributed by atoms with Gasteiger partial charge in [0, 0.05) is 30.3 Å². The number of piperidine rings is 1. The van der Waals surface area contributed by atoms with Crippen molar-refractivity contribution in [1.82, 2.24) is 9.62 Å². The van der Waals surface area contributed by atoms with Crippen molar-refractivity contribution in [3.8, 4) is 5.75 Å². The van der Waals surface area contributed by atoms with Crippen LogP contribution in [-0.2, 0) is 21.2 Å². The van der Waals surface area contributed by atoms with Crippen molar-refractivity contribution < 1.29 is 22.7 Å². The van der Waals surface area contributed by atoms with Gasteiger partial charge in [0.25, 0.3) is 0 Å². The standard InChI is InChI=1S/C17H24N2O5S/c1-12(20)13-6-7-16(24-2)14(9-13)10-17(21)19-8-4-5-15(11-19)18-25(3,22)23/h6-7,9,15,18H,4-5,8,10-11H2,1-3H3. The van der Waals surface area contributed by atoms with Crippen molar-refractivity contribution in [3.63, 3.8) is 0 Å². The minimum atomic E-state index is -3.30. The van der Waals surface area contributed by atoms with E-state index in [2.05, 4.69) is 4.72 Å². The van der Waals surface area contributed by atoms with Gasteiger partial charge in [0.1, 0.15) is 5.75 Å². The number of ether oxygens (including phenoxy) is 1. The molecule has 0 radical (unpaired) electrons. The van der Waals surface area contributed by atoms with Gasteiger partial charge in [-0.3, -0.25) is 9.59 Å². The molecule has 1 heterocycles. The summed E-state index contributed by atoms with van der Waals surface area (Å²) < 4.78 is 30.6. The molecule has 1 unspecified atom stereocenters. The maximum absolute atomic E-state index is 12.6. The van der Waals surface area contributed by atoms with Gasteiger partial charge in [-0.1, -0.05) is 0 Å². The molecule has 8 heteroatoms. The van der Waals surface area contributed by atoms with Crippen molar-refractivity contribution in [2.24, 2.45) is 0 Å². The summed E-state index contributed by atoms with van der Waals surface area (Å²) in [5.74, 6) is 0.368. The summed E-state index contributed by atoms with van der Waals surface area (Å²) >= 11 is 0. The van der Waals surface area contributed by atoms with Gasteiger partial charge in [-0.2, -0.15) is 0 Å². The van der Waals surface area contributed by atoms with Crippen LogP contribution in [0, 0.1) is 0 Å². The molecule has 1 aromatic rings. The van der Waals surface area contributed by atoms with Gasteiger partial charge < -0.3 is 9.64 Å². The Balaban J connectivity index is 2.11. The third-order valence-electron chi connectivity index (χ3n) is 4.18. The lowest BCUT2D eigenvalue weighted by Crippen LogP contribution is -2.49. The number of likely N-dealkylation sites (tertiary alicyclic amines) is 1. The predicted octanol–water partition coefficient (Wildman–Crippen LogP) is 0.980. The number of ketones is 1. The number of carbonyl (C=O) groups is 2. The highest BCUT2D eigenvalue weighted by molar-refractivity contribution is 7.88. The molecule has 1 aromatic carbocycles. The first kappa shape index (κ1) is 19.4. The normalized spacial score (nSPS) is 18.0. The predicted molar refractivity (Wildman–Crippen MR) is 94.3 cm³/mol. The molecule has 138 valence electrons. The molecule has 25 heavy (non-hydrogen) atoms. The molecule has 0 aromatic heterocycles. The number of hydrogen-bond acceptors (Lipinski definition) is 5. The Morgan fingerprint density at radius 2 is 2.08 bits per heavy atom. The lowest BCUT2D eigenvalue weighted by Gasteiger charge is -2.33. The molecule has 1 saturated heterocycles. The quantitative estimate of drug-likeness (QED) is 0.756. The molecule has 1 aliphatic heterocycles. The van der Waals surface area contributed by atoms with E-state index in [1.807, 2.05) is 0 Å². The van der Waals surface area contributed by atoms with E-state index >= 15 is 0 Å². The zero-order valence-electron chi connectivity index (χ0n) is 14.7. The largest absolute Gasteiger partial charge is 0.496 e. The molecule has 7 nitrogen and oxygen atoms in total. The summed E-state index contributed by atoms with van der Waals surface area (Å²) in [7, 11) is -1.79. The van der Waals surface area contributed by atoms with Crippen molar-refractivity contribution in [2.45, 2.75) is 32.2 Å². The number of rotatable bonds is 6. The van der Waals surface area contributed by atoms with E-state index in [1.54, 1.807) is 23.1 Å². The average molecular weight is 368 g/mol. The van der Waals surface area contributed by atoms with Gasteiger partial charge >= 0.3 is 0 Å². The van der Waals surface area contributed by atoms with Crippen molar-refractivity contribution in [3.05, 3.63) is 29.3 Å².